The number of hydrogen-bond acceptors (Lipinski definition) is 5. The molecule has 1 aromatic heterocycles. The average Bonchev–Trinajstić information content (AvgIpc) is 2.44. The van der Waals surface area contributed by atoms with Gasteiger partial charge in [-0.1, -0.05) is 13.8 Å². The van der Waals surface area contributed by atoms with Crippen LogP contribution in [0.4, 0.5) is 5.82 Å². The zero-order valence-electron chi connectivity index (χ0n) is 12.7. The summed E-state index contributed by atoms with van der Waals surface area (Å²) in [5.74, 6) is 0.468. The molecule has 2 N–H and O–H groups in total. The number of methoxy groups -OCH3 is 1. The Balaban J connectivity index is 2.51. The SMILES string of the molecule is CCNC(=O)c1ccc(NCC(C)(C)CCOC)nn1. The molecule has 0 unspecified atom stereocenters. The normalized spacial score (nSPS) is 11.2. The molecule has 0 aromatic carbocycles. The Kier molecular flexibility index (Phi) is 6.38. The predicted octanol–water partition coefficient (Wildman–Crippen LogP) is 1.70. The molecule has 0 saturated heterocycles. The Morgan fingerprint density at radius 2 is 2.10 bits per heavy atom. The summed E-state index contributed by atoms with van der Waals surface area (Å²) in [7, 11) is 1.70. The molecule has 0 bridgehead atoms. The van der Waals surface area contributed by atoms with Crippen LogP contribution < -0.4 is 10.6 Å². The zero-order chi connectivity index (χ0) is 15.0. The van der Waals surface area contributed by atoms with E-state index in [1.165, 1.54) is 0 Å². The maximum atomic E-state index is 11.5. The number of anilines is 1. The highest BCUT2D eigenvalue weighted by Gasteiger charge is 2.17. The third-order valence-corrected chi connectivity index (χ3v) is 2.97. The summed E-state index contributed by atoms with van der Waals surface area (Å²) in [5, 5.41) is 13.8. The highest BCUT2D eigenvalue weighted by Crippen LogP contribution is 2.20. The molecule has 112 valence electrons. The fourth-order valence-electron chi connectivity index (χ4n) is 1.60. The van der Waals surface area contributed by atoms with E-state index in [9.17, 15) is 4.79 Å². The summed E-state index contributed by atoms with van der Waals surface area (Å²) in [4.78, 5) is 11.5. The van der Waals surface area contributed by atoms with Gasteiger partial charge in [-0.25, -0.2) is 0 Å². The van der Waals surface area contributed by atoms with Gasteiger partial charge in [0, 0.05) is 26.8 Å². The molecule has 0 aliphatic heterocycles. The van der Waals surface area contributed by atoms with Crippen LogP contribution in [0.2, 0.25) is 0 Å². The van der Waals surface area contributed by atoms with E-state index in [1.807, 2.05) is 6.92 Å². The van der Waals surface area contributed by atoms with Gasteiger partial charge in [-0.2, -0.15) is 0 Å². The Bertz CT molecular complexity index is 418. The lowest BCUT2D eigenvalue weighted by Gasteiger charge is -2.24. The van der Waals surface area contributed by atoms with Gasteiger partial charge in [0.05, 0.1) is 0 Å². The maximum Gasteiger partial charge on any atom is 0.271 e. The monoisotopic (exact) mass is 280 g/mol. The van der Waals surface area contributed by atoms with Crippen LogP contribution in [0.15, 0.2) is 12.1 Å². The summed E-state index contributed by atoms with van der Waals surface area (Å²) < 4.78 is 5.09. The van der Waals surface area contributed by atoms with E-state index in [0.29, 0.717) is 18.1 Å². The van der Waals surface area contributed by atoms with Gasteiger partial charge in [0.25, 0.3) is 5.91 Å². The predicted molar refractivity (Wildman–Crippen MR) is 78.8 cm³/mol. The van der Waals surface area contributed by atoms with Crippen LogP contribution in [0.1, 0.15) is 37.7 Å². The Hall–Kier alpha value is -1.69. The molecule has 1 heterocycles. The number of carbonyl (C=O) groups excluding carboxylic acids is 1. The third-order valence-electron chi connectivity index (χ3n) is 2.97. The molecule has 0 aliphatic carbocycles. The first-order valence-corrected chi connectivity index (χ1v) is 6.83. The van der Waals surface area contributed by atoms with Crippen molar-refractivity contribution in [2.24, 2.45) is 5.41 Å². The van der Waals surface area contributed by atoms with Crippen molar-refractivity contribution < 1.29 is 9.53 Å². The molecule has 0 saturated carbocycles. The van der Waals surface area contributed by atoms with Crippen molar-refractivity contribution in [1.29, 1.82) is 0 Å². The van der Waals surface area contributed by atoms with Crippen LogP contribution in [0, 0.1) is 5.41 Å². The van der Waals surface area contributed by atoms with E-state index in [2.05, 4.69) is 34.7 Å². The third kappa shape index (κ3) is 5.52. The lowest BCUT2D eigenvalue weighted by atomic mass is 9.90. The first-order valence-electron chi connectivity index (χ1n) is 6.83. The summed E-state index contributed by atoms with van der Waals surface area (Å²) in [6.07, 6.45) is 0.959. The highest BCUT2D eigenvalue weighted by atomic mass is 16.5. The molecule has 0 radical (unpaired) electrons. The van der Waals surface area contributed by atoms with Crippen LogP contribution in [0.5, 0.6) is 0 Å². The van der Waals surface area contributed by atoms with E-state index in [-0.39, 0.29) is 11.3 Å². The summed E-state index contributed by atoms with van der Waals surface area (Å²) in [6.45, 7) is 8.27. The Morgan fingerprint density at radius 3 is 2.65 bits per heavy atom. The minimum atomic E-state index is -0.202. The van der Waals surface area contributed by atoms with Crippen LogP contribution in [0.3, 0.4) is 0 Å². The topological polar surface area (TPSA) is 76.1 Å². The van der Waals surface area contributed by atoms with Crippen molar-refractivity contribution >= 4 is 11.7 Å². The molecule has 0 fully saturated rings. The summed E-state index contributed by atoms with van der Waals surface area (Å²) in [5.41, 5.74) is 0.437. The number of rotatable bonds is 8. The number of ether oxygens (including phenoxy) is 1. The standard InChI is InChI=1S/C14H24N4O2/c1-5-15-13(19)11-6-7-12(18-17-11)16-10-14(2,3)8-9-20-4/h6-7H,5,8-10H2,1-4H3,(H,15,19)(H,16,18). The second-order valence-electron chi connectivity index (χ2n) is 5.42. The lowest BCUT2D eigenvalue weighted by Crippen LogP contribution is -2.26. The van der Waals surface area contributed by atoms with Crippen molar-refractivity contribution in [3.8, 4) is 0 Å². The fraction of sp³-hybridized carbons (Fsp3) is 0.643. The smallest absolute Gasteiger partial charge is 0.271 e. The second-order valence-corrected chi connectivity index (χ2v) is 5.42. The summed E-state index contributed by atoms with van der Waals surface area (Å²) >= 11 is 0. The Labute approximate surface area is 120 Å². The number of nitrogens with one attached hydrogen (secondary N) is 2. The molecule has 1 aromatic rings. The second kappa shape index (κ2) is 7.79. The van der Waals surface area contributed by atoms with Gasteiger partial charge in [-0.05, 0) is 30.9 Å². The van der Waals surface area contributed by atoms with Crippen molar-refractivity contribution in [3.63, 3.8) is 0 Å². The van der Waals surface area contributed by atoms with Crippen LogP contribution in [0.25, 0.3) is 0 Å². The van der Waals surface area contributed by atoms with Gasteiger partial charge in [-0.15, -0.1) is 10.2 Å². The van der Waals surface area contributed by atoms with E-state index in [0.717, 1.165) is 19.6 Å². The molecule has 1 rings (SSSR count). The van der Waals surface area contributed by atoms with Crippen molar-refractivity contribution in [1.82, 2.24) is 15.5 Å². The number of nitrogens with zero attached hydrogens (tertiary/aromatic N) is 2. The van der Waals surface area contributed by atoms with Gasteiger partial charge in [0.1, 0.15) is 5.82 Å². The molecule has 1 amide bonds. The molecule has 0 aliphatic rings. The molecule has 0 spiro atoms. The minimum Gasteiger partial charge on any atom is -0.385 e. The zero-order valence-corrected chi connectivity index (χ0v) is 12.7. The van der Waals surface area contributed by atoms with Gasteiger partial charge in [0.15, 0.2) is 5.69 Å². The van der Waals surface area contributed by atoms with Crippen LogP contribution in [-0.2, 0) is 4.74 Å². The van der Waals surface area contributed by atoms with E-state index < -0.39 is 0 Å². The van der Waals surface area contributed by atoms with Crippen LogP contribution in [-0.4, -0.2) is 42.9 Å². The molecule has 6 nitrogen and oxygen atoms in total. The fourth-order valence-corrected chi connectivity index (χ4v) is 1.60. The molecule has 6 heteroatoms. The number of hydrogen-bond donors (Lipinski definition) is 2. The van der Waals surface area contributed by atoms with Crippen molar-refractivity contribution in [3.05, 3.63) is 17.8 Å². The first kappa shape index (κ1) is 16.4. The minimum absolute atomic E-state index is 0.107. The van der Waals surface area contributed by atoms with Crippen LogP contribution >= 0.6 is 0 Å². The van der Waals surface area contributed by atoms with E-state index in [4.69, 9.17) is 4.74 Å². The Morgan fingerprint density at radius 1 is 1.35 bits per heavy atom. The highest BCUT2D eigenvalue weighted by molar-refractivity contribution is 5.92. The summed E-state index contributed by atoms with van der Waals surface area (Å²) in [6, 6.07) is 3.44. The maximum absolute atomic E-state index is 11.5. The van der Waals surface area contributed by atoms with Crippen molar-refractivity contribution in [2.75, 3.05) is 32.1 Å². The molecule has 0 atom stereocenters. The van der Waals surface area contributed by atoms with Gasteiger partial charge >= 0.3 is 0 Å². The van der Waals surface area contributed by atoms with E-state index in [1.54, 1.807) is 19.2 Å². The first-order chi connectivity index (χ1) is 9.48. The number of amides is 1. The van der Waals surface area contributed by atoms with E-state index >= 15 is 0 Å². The van der Waals surface area contributed by atoms with Gasteiger partial charge in [0.2, 0.25) is 0 Å². The van der Waals surface area contributed by atoms with Gasteiger partial charge < -0.3 is 15.4 Å². The molecular weight excluding hydrogens is 256 g/mol. The van der Waals surface area contributed by atoms with Gasteiger partial charge in [-0.3, -0.25) is 4.79 Å². The molecule has 20 heavy (non-hydrogen) atoms. The largest absolute Gasteiger partial charge is 0.385 e. The quantitative estimate of drug-likeness (QED) is 0.758. The number of carbonyl (C=O) groups is 1. The average molecular weight is 280 g/mol. The number of aromatic nitrogens is 2. The molecular formula is C14H24N4O2. The lowest BCUT2D eigenvalue weighted by molar-refractivity contribution is 0.0950. The van der Waals surface area contributed by atoms with Crippen molar-refractivity contribution in [2.45, 2.75) is 27.2 Å².